The highest BCUT2D eigenvalue weighted by atomic mass is 19.1. The Balaban J connectivity index is 2.51. The third-order valence-electron chi connectivity index (χ3n) is 1.84. The third kappa shape index (κ3) is 1.18. The number of hydrogen-bond acceptors (Lipinski definition) is 1. The van der Waals surface area contributed by atoms with Crippen LogP contribution in [0.25, 0.3) is 0 Å². The van der Waals surface area contributed by atoms with Crippen molar-refractivity contribution in [3.8, 4) is 0 Å². The highest BCUT2D eigenvalue weighted by Crippen LogP contribution is 2.33. The Kier molecular flexibility index (Phi) is 1.31. The second-order valence-electron chi connectivity index (χ2n) is 2.82. The van der Waals surface area contributed by atoms with Gasteiger partial charge in [0, 0.05) is 18.3 Å². The fraction of sp³-hybridized carbons (Fsp3) is 0.375. The third-order valence-corrected chi connectivity index (χ3v) is 1.84. The lowest BCUT2D eigenvalue weighted by molar-refractivity contribution is 0.586. The van der Waals surface area contributed by atoms with Gasteiger partial charge in [0.15, 0.2) is 0 Å². The van der Waals surface area contributed by atoms with Crippen LogP contribution in [0.3, 0.4) is 0 Å². The summed E-state index contributed by atoms with van der Waals surface area (Å²) in [5.41, 5.74) is -0.103. The average Bonchev–Trinajstić information content (AvgIpc) is 2.76. The number of rotatable bonds is 1. The first kappa shape index (κ1) is 6.58. The maximum absolute atomic E-state index is 12.6. The molecular formula is C8H8FNO. The number of pyridine rings is 1. The molecule has 2 nitrogen and oxygen atoms in total. The van der Waals surface area contributed by atoms with Gasteiger partial charge in [0.1, 0.15) is 5.82 Å². The molecular weight excluding hydrogens is 145 g/mol. The molecule has 0 aliphatic heterocycles. The van der Waals surface area contributed by atoms with E-state index >= 15 is 0 Å². The first-order valence-electron chi connectivity index (χ1n) is 3.65. The molecule has 0 unspecified atom stereocenters. The normalized spacial score (nSPS) is 16.8. The standard InChI is InChI=1S/C8H8FNO/c9-6-1-4-8(11)10(5-6)7-2-3-7/h1,4-5,7H,2-3H2. The summed E-state index contributed by atoms with van der Waals surface area (Å²) in [6, 6.07) is 2.73. The highest BCUT2D eigenvalue weighted by Gasteiger charge is 2.24. The molecule has 0 N–H and O–H groups in total. The van der Waals surface area contributed by atoms with E-state index in [1.165, 1.54) is 22.9 Å². The Bertz CT molecular complexity index is 327. The van der Waals surface area contributed by atoms with Crippen LogP contribution in [-0.4, -0.2) is 4.57 Å². The van der Waals surface area contributed by atoms with Crippen LogP contribution in [0, 0.1) is 5.82 Å². The van der Waals surface area contributed by atoms with E-state index in [9.17, 15) is 9.18 Å². The lowest BCUT2D eigenvalue weighted by Gasteiger charge is -2.00. The number of halogens is 1. The van der Waals surface area contributed by atoms with E-state index in [4.69, 9.17) is 0 Å². The van der Waals surface area contributed by atoms with Crippen molar-refractivity contribution < 1.29 is 4.39 Å². The molecule has 0 saturated heterocycles. The summed E-state index contributed by atoms with van der Waals surface area (Å²) in [6.07, 6.45) is 3.28. The van der Waals surface area contributed by atoms with Gasteiger partial charge in [0.05, 0.1) is 0 Å². The summed E-state index contributed by atoms with van der Waals surface area (Å²) in [5, 5.41) is 0. The minimum atomic E-state index is -0.337. The van der Waals surface area contributed by atoms with Gasteiger partial charge in [0.25, 0.3) is 5.56 Å². The van der Waals surface area contributed by atoms with Crippen LogP contribution in [0.1, 0.15) is 18.9 Å². The molecule has 1 aliphatic rings. The zero-order valence-electron chi connectivity index (χ0n) is 5.96. The van der Waals surface area contributed by atoms with Gasteiger partial charge < -0.3 is 4.57 Å². The maximum Gasteiger partial charge on any atom is 0.250 e. The van der Waals surface area contributed by atoms with Gasteiger partial charge >= 0.3 is 0 Å². The minimum Gasteiger partial charge on any atom is -0.310 e. The molecule has 1 saturated carbocycles. The fourth-order valence-corrected chi connectivity index (χ4v) is 1.11. The van der Waals surface area contributed by atoms with Crippen molar-refractivity contribution in [2.45, 2.75) is 18.9 Å². The van der Waals surface area contributed by atoms with E-state index in [1.54, 1.807) is 0 Å². The smallest absolute Gasteiger partial charge is 0.250 e. The van der Waals surface area contributed by atoms with Gasteiger partial charge in [-0.15, -0.1) is 0 Å². The highest BCUT2D eigenvalue weighted by molar-refractivity contribution is 5.00. The van der Waals surface area contributed by atoms with Gasteiger partial charge in [-0.3, -0.25) is 4.79 Å². The molecule has 3 heteroatoms. The Morgan fingerprint density at radius 3 is 2.82 bits per heavy atom. The molecule has 0 radical (unpaired) electrons. The Morgan fingerprint density at radius 2 is 2.18 bits per heavy atom. The van der Waals surface area contributed by atoms with E-state index in [0.717, 1.165) is 12.8 Å². The predicted octanol–water partition coefficient (Wildman–Crippen LogP) is 1.32. The fourth-order valence-electron chi connectivity index (χ4n) is 1.11. The lowest BCUT2D eigenvalue weighted by Crippen LogP contribution is -2.17. The van der Waals surface area contributed by atoms with E-state index < -0.39 is 0 Å². The van der Waals surface area contributed by atoms with E-state index in [-0.39, 0.29) is 17.4 Å². The van der Waals surface area contributed by atoms with Crippen LogP contribution in [0.4, 0.5) is 4.39 Å². The Labute approximate surface area is 63.3 Å². The van der Waals surface area contributed by atoms with Crippen LogP contribution in [0.5, 0.6) is 0 Å². The van der Waals surface area contributed by atoms with Gasteiger partial charge in [-0.1, -0.05) is 0 Å². The van der Waals surface area contributed by atoms with Crippen LogP contribution >= 0.6 is 0 Å². The molecule has 58 valence electrons. The summed E-state index contributed by atoms with van der Waals surface area (Å²) in [7, 11) is 0. The molecule has 0 bridgehead atoms. The molecule has 1 aromatic heterocycles. The van der Waals surface area contributed by atoms with E-state index in [0.29, 0.717) is 0 Å². The monoisotopic (exact) mass is 153 g/mol. The summed E-state index contributed by atoms with van der Waals surface area (Å²) in [6.45, 7) is 0. The van der Waals surface area contributed by atoms with Gasteiger partial charge in [-0.2, -0.15) is 0 Å². The minimum absolute atomic E-state index is 0.103. The summed E-state index contributed by atoms with van der Waals surface area (Å²) in [5.74, 6) is -0.337. The molecule has 11 heavy (non-hydrogen) atoms. The van der Waals surface area contributed by atoms with Gasteiger partial charge in [0.2, 0.25) is 0 Å². The molecule has 2 rings (SSSR count). The zero-order valence-corrected chi connectivity index (χ0v) is 5.96. The van der Waals surface area contributed by atoms with Crippen molar-refractivity contribution in [2.24, 2.45) is 0 Å². The summed E-state index contributed by atoms with van der Waals surface area (Å²) < 4.78 is 14.0. The average molecular weight is 153 g/mol. The summed E-state index contributed by atoms with van der Waals surface area (Å²) >= 11 is 0. The largest absolute Gasteiger partial charge is 0.310 e. The molecule has 1 aliphatic carbocycles. The first-order valence-corrected chi connectivity index (χ1v) is 3.65. The van der Waals surface area contributed by atoms with Crippen molar-refractivity contribution >= 4 is 0 Å². The lowest BCUT2D eigenvalue weighted by atomic mass is 10.4. The SMILES string of the molecule is O=c1ccc(F)cn1C1CC1. The molecule has 0 amide bonds. The van der Waals surface area contributed by atoms with Crippen molar-refractivity contribution in [2.75, 3.05) is 0 Å². The Morgan fingerprint density at radius 1 is 1.45 bits per heavy atom. The molecule has 0 spiro atoms. The maximum atomic E-state index is 12.6. The topological polar surface area (TPSA) is 22.0 Å². The second-order valence-corrected chi connectivity index (χ2v) is 2.82. The zero-order chi connectivity index (χ0) is 7.84. The second kappa shape index (κ2) is 2.19. The van der Waals surface area contributed by atoms with Crippen molar-refractivity contribution in [1.82, 2.24) is 4.57 Å². The molecule has 0 atom stereocenters. The van der Waals surface area contributed by atoms with E-state index in [1.807, 2.05) is 0 Å². The van der Waals surface area contributed by atoms with E-state index in [2.05, 4.69) is 0 Å². The molecule has 1 heterocycles. The number of hydrogen-bond donors (Lipinski definition) is 0. The number of nitrogens with zero attached hydrogens (tertiary/aromatic N) is 1. The van der Waals surface area contributed by atoms with Crippen molar-refractivity contribution in [1.29, 1.82) is 0 Å². The number of aromatic nitrogens is 1. The van der Waals surface area contributed by atoms with Gasteiger partial charge in [-0.25, -0.2) is 4.39 Å². The quantitative estimate of drug-likeness (QED) is 0.596. The Hall–Kier alpha value is -1.12. The van der Waals surface area contributed by atoms with Crippen LogP contribution in [0.15, 0.2) is 23.1 Å². The molecule has 1 fully saturated rings. The molecule has 0 aromatic carbocycles. The summed E-state index contributed by atoms with van der Waals surface area (Å²) in [4.78, 5) is 11.0. The van der Waals surface area contributed by atoms with Crippen LogP contribution in [0.2, 0.25) is 0 Å². The molecule has 1 aromatic rings. The van der Waals surface area contributed by atoms with Crippen LogP contribution < -0.4 is 5.56 Å². The van der Waals surface area contributed by atoms with Crippen LogP contribution in [-0.2, 0) is 0 Å². The predicted molar refractivity (Wildman–Crippen MR) is 38.9 cm³/mol. The van der Waals surface area contributed by atoms with Crippen molar-refractivity contribution in [3.63, 3.8) is 0 Å². The van der Waals surface area contributed by atoms with Gasteiger partial charge in [-0.05, 0) is 18.9 Å². The first-order chi connectivity index (χ1) is 5.27. The van der Waals surface area contributed by atoms with Crippen molar-refractivity contribution in [3.05, 3.63) is 34.5 Å².